The molecule has 2 aliphatic rings. The van der Waals surface area contributed by atoms with E-state index in [0.29, 0.717) is 12.0 Å². The molecule has 1 aliphatic carbocycles. The highest BCUT2D eigenvalue weighted by Gasteiger charge is 2.46. The zero-order valence-electron chi connectivity index (χ0n) is 12.2. The van der Waals surface area contributed by atoms with Crippen molar-refractivity contribution in [2.45, 2.75) is 43.2 Å². The Morgan fingerprint density at radius 3 is 2.36 bits per heavy atom. The highest BCUT2D eigenvalue weighted by Crippen LogP contribution is 2.37. The first-order valence-electron chi connectivity index (χ1n) is 7.21. The number of nitrogens with zero attached hydrogens (tertiary/aromatic N) is 1. The molecular weight excluding hydrogens is 329 g/mol. The van der Waals surface area contributed by atoms with E-state index < -0.39 is 31.7 Å². The maximum Gasteiger partial charge on any atom is 0.243 e. The Hall–Kier alpha value is -0.990. The Labute approximate surface area is 130 Å². The van der Waals surface area contributed by atoms with Crippen molar-refractivity contribution in [1.29, 1.82) is 0 Å². The molecule has 1 aromatic rings. The van der Waals surface area contributed by atoms with Crippen molar-refractivity contribution in [2.24, 2.45) is 0 Å². The normalized spacial score (nSPS) is 24.8. The van der Waals surface area contributed by atoms with Crippen LogP contribution in [-0.4, -0.2) is 44.7 Å². The van der Waals surface area contributed by atoms with Gasteiger partial charge in [0.2, 0.25) is 10.0 Å². The number of aryl methyl sites for hydroxylation is 1. The van der Waals surface area contributed by atoms with Gasteiger partial charge in [-0.05, 0) is 49.9 Å². The predicted molar refractivity (Wildman–Crippen MR) is 80.2 cm³/mol. The van der Waals surface area contributed by atoms with E-state index in [0.717, 1.165) is 18.9 Å². The van der Waals surface area contributed by atoms with Gasteiger partial charge < -0.3 is 0 Å². The minimum absolute atomic E-state index is 0.0266. The molecule has 3 rings (SSSR count). The van der Waals surface area contributed by atoms with Gasteiger partial charge in [-0.3, -0.25) is 0 Å². The molecule has 22 heavy (non-hydrogen) atoms. The van der Waals surface area contributed by atoms with Gasteiger partial charge >= 0.3 is 0 Å². The van der Waals surface area contributed by atoms with Crippen LogP contribution in [0.1, 0.15) is 24.8 Å². The molecule has 0 spiro atoms. The van der Waals surface area contributed by atoms with Crippen molar-refractivity contribution in [3.8, 4) is 0 Å². The molecule has 1 saturated carbocycles. The zero-order chi connectivity index (χ0) is 16.1. The second-order valence-electron chi connectivity index (χ2n) is 6.03. The van der Waals surface area contributed by atoms with Gasteiger partial charge in [-0.15, -0.1) is 0 Å². The average Bonchev–Trinajstić information content (AvgIpc) is 3.13. The Morgan fingerprint density at radius 2 is 1.86 bits per heavy atom. The molecule has 122 valence electrons. The fourth-order valence-corrected chi connectivity index (χ4v) is 6.93. The van der Waals surface area contributed by atoms with Crippen LogP contribution in [0, 0.1) is 12.7 Å². The lowest BCUT2D eigenvalue weighted by Gasteiger charge is -2.28. The fourth-order valence-electron chi connectivity index (χ4n) is 3.01. The van der Waals surface area contributed by atoms with Gasteiger partial charge in [-0.2, -0.15) is 4.31 Å². The summed E-state index contributed by atoms with van der Waals surface area (Å²) in [5.74, 6) is -0.584. The molecule has 0 aromatic heterocycles. The van der Waals surface area contributed by atoms with Crippen LogP contribution in [-0.2, 0) is 19.9 Å². The van der Waals surface area contributed by atoms with E-state index >= 15 is 0 Å². The van der Waals surface area contributed by atoms with Crippen LogP contribution in [0.15, 0.2) is 23.1 Å². The molecule has 1 heterocycles. The second kappa shape index (κ2) is 5.28. The van der Waals surface area contributed by atoms with Crippen molar-refractivity contribution in [3.63, 3.8) is 0 Å². The third-order valence-corrected chi connectivity index (χ3v) is 8.08. The summed E-state index contributed by atoms with van der Waals surface area (Å²) in [6.07, 6.45) is 1.82. The van der Waals surface area contributed by atoms with Crippen LogP contribution in [0.3, 0.4) is 0 Å². The maximum absolute atomic E-state index is 13.2. The third kappa shape index (κ3) is 2.91. The SMILES string of the molecule is Cc1cc(F)ccc1S(=O)(=O)N(C1CC1)C1CCS(=O)(=O)C1. The highest BCUT2D eigenvalue weighted by molar-refractivity contribution is 7.92. The molecule has 2 fully saturated rings. The van der Waals surface area contributed by atoms with Crippen LogP contribution in [0.25, 0.3) is 0 Å². The topological polar surface area (TPSA) is 71.5 Å². The van der Waals surface area contributed by atoms with Gasteiger partial charge in [0.1, 0.15) is 5.82 Å². The minimum atomic E-state index is -3.82. The average molecular weight is 347 g/mol. The molecule has 0 amide bonds. The van der Waals surface area contributed by atoms with Crippen LogP contribution in [0.2, 0.25) is 0 Å². The van der Waals surface area contributed by atoms with Crippen molar-refractivity contribution in [2.75, 3.05) is 11.5 Å². The van der Waals surface area contributed by atoms with Gasteiger partial charge in [-0.1, -0.05) is 0 Å². The Balaban J connectivity index is 2.01. The summed E-state index contributed by atoms with van der Waals surface area (Å²) in [6.45, 7) is 1.55. The monoisotopic (exact) mass is 347 g/mol. The first kappa shape index (κ1) is 15.9. The van der Waals surface area contributed by atoms with Crippen LogP contribution in [0.4, 0.5) is 4.39 Å². The van der Waals surface area contributed by atoms with E-state index in [1.54, 1.807) is 6.92 Å². The first-order chi connectivity index (χ1) is 10.2. The van der Waals surface area contributed by atoms with E-state index in [4.69, 9.17) is 0 Å². The van der Waals surface area contributed by atoms with Crippen molar-refractivity contribution in [3.05, 3.63) is 29.6 Å². The van der Waals surface area contributed by atoms with E-state index in [1.165, 1.54) is 16.4 Å². The first-order valence-corrected chi connectivity index (χ1v) is 10.5. The molecule has 1 unspecified atom stereocenters. The number of sulfonamides is 1. The summed E-state index contributed by atoms with van der Waals surface area (Å²) < 4.78 is 63.9. The lowest BCUT2D eigenvalue weighted by molar-refractivity contribution is 0.332. The summed E-state index contributed by atoms with van der Waals surface area (Å²) in [7, 11) is -6.99. The van der Waals surface area contributed by atoms with Crippen LogP contribution in [0.5, 0.6) is 0 Å². The molecular formula is C14H18FNO4S2. The van der Waals surface area contributed by atoms with Gasteiger partial charge in [0.25, 0.3) is 0 Å². The molecule has 8 heteroatoms. The Morgan fingerprint density at radius 1 is 1.18 bits per heavy atom. The smallest absolute Gasteiger partial charge is 0.229 e. The lowest BCUT2D eigenvalue weighted by atomic mass is 10.2. The van der Waals surface area contributed by atoms with Crippen molar-refractivity contribution < 1.29 is 21.2 Å². The largest absolute Gasteiger partial charge is 0.243 e. The van der Waals surface area contributed by atoms with Crippen LogP contribution < -0.4 is 0 Å². The van der Waals surface area contributed by atoms with Crippen molar-refractivity contribution >= 4 is 19.9 Å². The summed E-state index contributed by atoms with van der Waals surface area (Å²) in [5, 5.41) is 0. The number of hydrogen-bond donors (Lipinski definition) is 0. The molecule has 1 saturated heterocycles. The quantitative estimate of drug-likeness (QED) is 0.827. The fraction of sp³-hybridized carbons (Fsp3) is 0.571. The molecule has 1 aromatic carbocycles. The molecule has 0 radical (unpaired) electrons. The van der Waals surface area contributed by atoms with Gasteiger partial charge in [0.05, 0.1) is 16.4 Å². The second-order valence-corrected chi connectivity index (χ2v) is 10.1. The molecule has 1 aliphatic heterocycles. The number of benzene rings is 1. The minimum Gasteiger partial charge on any atom is -0.229 e. The van der Waals surface area contributed by atoms with Gasteiger partial charge in [-0.25, -0.2) is 21.2 Å². The standard InChI is InChI=1S/C14H18FNO4S2/c1-10-8-11(15)2-5-14(10)22(19,20)16(12-3-4-12)13-6-7-21(17,18)9-13/h2,5,8,12-13H,3-4,6-7,9H2,1H3. The van der Waals surface area contributed by atoms with E-state index in [1.807, 2.05) is 0 Å². The molecule has 1 atom stereocenters. The molecule has 5 nitrogen and oxygen atoms in total. The highest BCUT2D eigenvalue weighted by atomic mass is 32.2. The third-order valence-electron chi connectivity index (χ3n) is 4.17. The maximum atomic E-state index is 13.2. The number of rotatable bonds is 4. The predicted octanol–water partition coefficient (Wildman–Crippen LogP) is 1.47. The van der Waals surface area contributed by atoms with Gasteiger partial charge in [0, 0.05) is 12.1 Å². The van der Waals surface area contributed by atoms with E-state index in [9.17, 15) is 21.2 Å². The number of sulfone groups is 1. The summed E-state index contributed by atoms with van der Waals surface area (Å²) in [5.41, 5.74) is 0.339. The molecule has 0 N–H and O–H groups in total. The van der Waals surface area contributed by atoms with Gasteiger partial charge in [0.15, 0.2) is 9.84 Å². The van der Waals surface area contributed by atoms with E-state index in [-0.39, 0.29) is 22.4 Å². The van der Waals surface area contributed by atoms with E-state index in [2.05, 4.69) is 0 Å². The Kier molecular flexibility index (Phi) is 3.81. The van der Waals surface area contributed by atoms with Crippen LogP contribution >= 0.6 is 0 Å². The summed E-state index contributed by atoms with van der Waals surface area (Å²) >= 11 is 0. The lowest BCUT2D eigenvalue weighted by Crippen LogP contribution is -2.42. The summed E-state index contributed by atoms with van der Waals surface area (Å²) in [6, 6.07) is 2.93. The molecule has 0 bridgehead atoms. The zero-order valence-corrected chi connectivity index (χ0v) is 13.8. The summed E-state index contributed by atoms with van der Waals surface area (Å²) in [4.78, 5) is 0.0603. The Bertz CT molecular complexity index is 800. The number of hydrogen-bond acceptors (Lipinski definition) is 4. The van der Waals surface area contributed by atoms with Crippen molar-refractivity contribution in [1.82, 2.24) is 4.31 Å². The number of halogens is 1.